The van der Waals surface area contributed by atoms with Crippen LogP contribution in [0.4, 0.5) is 4.79 Å². The van der Waals surface area contributed by atoms with Gasteiger partial charge in [-0.1, -0.05) is 86.2 Å². The van der Waals surface area contributed by atoms with E-state index in [9.17, 15) is 24.6 Å². The molecule has 0 aliphatic heterocycles. The molecule has 3 amide bonds. The van der Waals surface area contributed by atoms with Crippen LogP contribution in [0.2, 0.25) is 5.02 Å². The Morgan fingerprint density at radius 3 is 2.38 bits per heavy atom. The van der Waals surface area contributed by atoms with Crippen LogP contribution in [0.25, 0.3) is 0 Å². The molecule has 0 aromatic heterocycles. The van der Waals surface area contributed by atoms with E-state index in [-0.39, 0.29) is 37.8 Å². The predicted octanol–water partition coefficient (Wildman–Crippen LogP) is 5.12. The number of amides is 3. The monoisotopic (exact) mass is 571 g/mol. The van der Waals surface area contributed by atoms with Crippen molar-refractivity contribution in [3.8, 4) is 0 Å². The van der Waals surface area contributed by atoms with Crippen LogP contribution in [0.15, 0.2) is 54.6 Å². The molecule has 3 N–H and O–H groups in total. The summed E-state index contributed by atoms with van der Waals surface area (Å²) in [6.07, 6.45) is 5.60. The number of halogens is 1. The van der Waals surface area contributed by atoms with Crippen molar-refractivity contribution in [3.63, 3.8) is 0 Å². The Morgan fingerprint density at radius 1 is 1.02 bits per heavy atom. The molecule has 1 fully saturated rings. The molecule has 2 atom stereocenters. The summed E-state index contributed by atoms with van der Waals surface area (Å²) in [4.78, 5) is 41.5. The second kappa shape index (κ2) is 16.2. The lowest BCUT2D eigenvalue weighted by atomic mass is 9.84. The first-order chi connectivity index (χ1) is 19.3. The van der Waals surface area contributed by atoms with Gasteiger partial charge in [0.1, 0.15) is 6.04 Å². The summed E-state index contributed by atoms with van der Waals surface area (Å²) >= 11 is 6.12. The van der Waals surface area contributed by atoms with Gasteiger partial charge in [-0.25, -0.2) is 4.79 Å². The molecule has 1 aliphatic carbocycles. The molecule has 40 heavy (non-hydrogen) atoms. The number of likely N-dealkylation sites (N-methyl/N-ethyl adjacent to an activating group) is 1. The summed E-state index contributed by atoms with van der Waals surface area (Å²) in [5, 5.41) is 23.5. The Morgan fingerprint density at radius 2 is 1.73 bits per heavy atom. The summed E-state index contributed by atoms with van der Waals surface area (Å²) in [5.74, 6) is -0.271. The predicted molar refractivity (Wildman–Crippen MR) is 156 cm³/mol. The van der Waals surface area contributed by atoms with E-state index in [0.29, 0.717) is 23.6 Å². The minimum absolute atomic E-state index is 0.0230. The Balaban J connectivity index is 1.63. The van der Waals surface area contributed by atoms with Crippen LogP contribution >= 0.6 is 11.6 Å². The minimum Gasteiger partial charge on any atom is -0.465 e. The van der Waals surface area contributed by atoms with Crippen LogP contribution in [-0.2, 0) is 22.6 Å². The number of benzene rings is 2. The van der Waals surface area contributed by atoms with Crippen LogP contribution in [0.1, 0.15) is 62.5 Å². The molecule has 2 unspecified atom stereocenters. The van der Waals surface area contributed by atoms with Crippen molar-refractivity contribution >= 4 is 29.5 Å². The summed E-state index contributed by atoms with van der Waals surface area (Å²) < 4.78 is 0. The van der Waals surface area contributed by atoms with E-state index in [2.05, 4.69) is 5.32 Å². The standard InChI is InChI=1S/C31H42ClN3O5/c1-34(18-17-23-9-4-2-5-10-23)29(37)16-15-27(22-36)33-30(38)28(20-24-11-6-3-7-12-24)35(31(39)40)21-25-13-8-14-26(32)19-25/h2,4-5,8-10,13-14,19,24,27-28,36H,3,6-7,11-12,15-18,20-22H2,1H3,(H,33,38)(H,39,40). The average Bonchev–Trinajstić information content (AvgIpc) is 2.96. The maximum Gasteiger partial charge on any atom is 0.408 e. The molecule has 0 heterocycles. The zero-order chi connectivity index (χ0) is 28.9. The second-order valence-corrected chi connectivity index (χ2v) is 11.2. The number of hydrogen-bond acceptors (Lipinski definition) is 4. The van der Waals surface area contributed by atoms with Gasteiger partial charge in [0.05, 0.1) is 12.6 Å². The molecule has 0 saturated heterocycles. The minimum atomic E-state index is -1.19. The van der Waals surface area contributed by atoms with Gasteiger partial charge in [0.15, 0.2) is 0 Å². The number of carbonyl (C=O) groups is 3. The van der Waals surface area contributed by atoms with Crippen LogP contribution in [-0.4, -0.2) is 70.2 Å². The average molecular weight is 572 g/mol. The van der Waals surface area contributed by atoms with Gasteiger partial charge in [-0.15, -0.1) is 0 Å². The van der Waals surface area contributed by atoms with Gasteiger partial charge in [-0.3, -0.25) is 14.5 Å². The van der Waals surface area contributed by atoms with Gasteiger partial charge < -0.3 is 20.4 Å². The first-order valence-electron chi connectivity index (χ1n) is 14.2. The van der Waals surface area contributed by atoms with E-state index < -0.39 is 24.1 Å². The lowest BCUT2D eigenvalue weighted by molar-refractivity contribution is -0.131. The van der Waals surface area contributed by atoms with Gasteiger partial charge >= 0.3 is 6.09 Å². The van der Waals surface area contributed by atoms with Gasteiger partial charge in [0.2, 0.25) is 11.8 Å². The van der Waals surface area contributed by atoms with E-state index in [4.69, 9.17) is 11.6 Å². The number of nitrogens with zero attached hydrogens (tertiary/aromatic N) is 2. The van der Waals surface area contributed by atoms with Crippen molar-refractivity contribution in [1.82, 2.24) is 15.1 Å². The van der Waals surface area contributed by atoms with Gasteiger partial charge in [0.25, 0.3) is 0 Å². The highest BCUT2D eigenvalue weighted by Crippen LogP contribution is 2.29. The summed E-state index contributed by atoms with van der Waals surface area (Å²) in [6, 6.07) is 15.3. The van der Waals surface area contributed by atoms with E-state index in [1.54, 1.807) is 36.2 Å². The Labute approximate surface area is 242 Å². The molecule has 9 heteroatoms. The fourth-order valence-corrected chi connectivity index (χ4v) is 5.53. The van der Waals surface area contributed by atoms with Crippen molar-refractivity contribution in [1.29, 1.82) is 0 Å². The maximum atomic E-state index is 13.6. The van der Waals surface area contributed by atoms with Crippen molar-refractivity contribution in [2.45, 2.75) is 76.4 Å². The SMILES string of the molecule is CN(CCc1ccccc1)C(=O)CCC(CO)NC(=O)C(CC1CCCCC1)N(Cc1cccc(Cl)c1)C(=O)O. The molecule has 0 bridgehead atoms. The first-order valence-corrected chi connectivity index (χ1v) is 14.6. The van der Waals surface area contributed by atoms with E-state index in [0.717, 1.165) is 44.1 Å². The largest absolute Gasteiger partial charge is 0.465 e. The van der Waals surface area contributed by atoms with Crippen LogP contribution < -0.4 is 5.32 Å². The number of rotatable bonds is 14. The van der Waals surface area contributed by atoms with Crippen LogP contribution in [0.5, 0.6) is 0 Å². The summed E-state index contributed by atoms with van der Waals surface area (Å²) in [7, 11) is 1.75. The summed E-state index contributed by atoms with van der Waals surface area (Å²) in [6.45, 7) is 0.249. The molecule has 8 nitrogen and oxygen atoms in total. The molecule has 2 aromatic carbocycles. The highest BCUT2D eigenvalue weighted by molar-refractivity contribution is 6.30. The number of carboxylic acid groups (broad SMARTS) is 1. The Hall–Kier alpha value is -3.10. The van der Waals surface area contributed by atoms with E-state index in [1.807, 2.05) is 30.3 Å². The number of hydrogen-bond donors (Lipinski definition) is 3. The highest BCUT2D eigenvalue weighted by atomic mass is 35.5. The Kier molecular flexibility index (Phi) is 12.8. The third-order valence-corrected chi connectivity index (χ3v) is 7.96. The van der Waals surface area contributed by atoms with Crippen molar-refractivity contribution < 1.29 is 24.6 Å². The van der Waals surface area contributed by atoms with Gasteiger partial charge in [-0.05, 0) is 48.4 Å². The topological polar surface area (TPSA) is 110 Å². The quantitative estimate of drug-likeness (QED) is 0.292. The van der Waals surface area contributed by atoms with E-state index in [1.165, 1.54) is 4.90 Å². The van der Waals surface area contributed by atoms with Gasteiger partial charge in [0, 0.05) is 31.6 Å². The van der Waals surface area contributed by atoms with Crippen molar-refractivity contribution in [2.75, 3.05) is 20.2 Å². The molecular formula is C31H42ClN3O5. The van der Waals surface area contributed by atoms with Crippen molar-refractivity contribution in [2.24, 2.45) is 5.92 Å². The van der Waals surface area contributed by atoms with Crippen LogP contribution in [0.3, 0.4) is 0 Å². The molecule has 1 aliphatic rings. The zero-order valence-electron chi connectivity index (χ0n) is 23.3. The zero-order valence-corrected chi connectivity index (χ0v) is 24.1. The maximum absolute atomic E-state index is 13.6. The van der Waals surface area contributed by atoms with Gasteiger partial charge in [-0.2, -0.15) is 0 Å². The van der Waals surface area contributed by atoms with Crippen LogP contribution in [0, 0.1) is 5.92 Å². The Bertz CT molecular complexity index is 1090. The second-order valence-electron chi connectivity index (χ2n) is 10.8. The first kappa shape index (κ1) is 31.4. The molecular weight excluding hydrogens is 530 g/mol. The molecule has 0 radical (unpaired) electrons. The fourth-order valence-electron chi connectivity index (χ4n) is 5.32. The number of nitrogens with one attached hydrogen (secondary N) is 1. The number of aliphatic hydroxyl groups is 1. The molecule has 3 rings (SSSR count). The third kappa shape index (κ3) is 10.1. The number of carbonyl (C=O) groups excluding carboxylic acids is 2. The lowest BCUT2D eigenvalue weighted by Crippen LogP contribution is -2.52. The van der Waals surface area contributed by atoms with E-state index >= 15 is 0 Å². The fraction of sp³-hybridized carbons (Fsp3) is 0.516. The number of aliphatic hydroxyl groups excluding tert-OH is 1. The third-order valence-electron chi connectivity index (χ3n) is 7.73. The summed E-state index contributed by atoms with van der Waals surface area (Å²) in [5.41, 5.74) is 1.84. The van der Waals surface area contributed by atoms with Crippen molar-refractivity contribution in [3.05, 3.63) is 70.7 Å². The lowest BCUT2D eigenvalue weighted by Gasteiger charge is -2.33. The molecule has 0 spiro atoms. The normalized spacial score (nSPS) is 15.2. The molecule has 218 valence electrons. The molecule has 1 saturated carbocycles. The smallest absolute Gasteiger partial charge is 0.408 e. The molecule has 2 aromatic rings. The highest BCUT2D eigenvalue weighted by Gasteiger charge is 2.34.